The molecular weight excluding hydrogens is 268 g/mol. The Balaban J connectivity index is 1.83. The van der Waals surface area contributed by atoms with Crippen molar-refractivity contribution in [2.75, 3.05) is 27.2 Å². The maximum Gasteiger partial charge on any atom is 0.107 e. The first kappa shape index (κ1) is 15.9. The minimum atomic E-state index is 0.516. The van der Waals surface area contributed by atoms with Gasteiger partial charge in [-0.1, -0.05) is 13.8 Å². The molecule has 1 saturated heterocycles. The third-order valence-corrected chi connectivity index (χ3v) is 4.79. The zero-order chi connectivity index (χ0) is 14.5. The van der Waals surface area contributed by atoms with Crippen LogP contribution in [0.25, 0.3) is 0 Å². The highest BCUT2D eigenvalue weighted by molar-refractivity contribution is 7.09. The third kappa shape index (κ3) is 4.81. The monoisotopic (exact) mass is 296 g/mol. The maximum absolute atomic E-state index is 4.74. The lowest BCUT2D eigenvalue weighted by Crippen LogP contribution is -2.44. The summed E-state index contributed by atoms with van der Waals surface area (Å²) in [5.74, 6) is 0. The highest BCUT2D eigenvalue weighted by Gasteiger charge is 2.21. The minimum Gasteiger partial charge on any atom is -0.308 e. The molecule has 1 fully saturated rings. The smallest absolute Gasteiger partial charge is 0.107 e. The molecule has 2 heterocycles. The molecule has 5 heteroatoms. The first-order valence-corrected chi connectivity index (χ1v) is 8.48. The second-order valence-electron chi connectivity index (χ2n) is 6.24. The van der Waals surface area contributed by atoms with Crippen molar-refractivity contribution in [3.8, 4) is 0 Å². The molecule has 0 aliphatic carbocycles. The fourth-order valence-corrected chi connectivity index (χ4v) is 3.41. The van der Waals surface area contributed by atoms with Gasteiger partial charge in [0.1, 0.15) is 5.01 Å². The molecule has 0 aromatic carbocycles. The summed E-state index contributed by atoms with van der Waals surface area (Å²) in [5.41, 5.74) is 1.21. The largest absolute Gasteiger partial charge is 0.308 e. The maximum atomic E-state index is 4.74. The number of hydrogen-bond donors (Lipinski definition) is 1. The van der Waals surface area contributed by atoms with E-state index in [4.69, 9.17) is 4.98 Å². The highest BCUT2D eigenvalue weighted by Crippen LogP contribution is 2.17. The van der Waals surface area contributed by atoms with E-state index >= 15 is 0 Å². The Hall–Kier alpha value is -0.490. The molecule has 1 atom stereocenters. The van der Waals surface area contributed by atoms with Crippen molar-refractivity contribution < 1.29 is 0 Å². The number of likely N-dealkylation sites (N-methyl/N-ethyl adjacent to an activating group) is 2. The quantitative estimate of drug-likeness (QED) is 0.872. The number of rotatable bonds is 6. The van der Waals surface area contributed by atoms with Crippen LogP contribution in [-0.2, 0) is 13.1 Å². The SMILES string of the molecule is CC(C)NCc1nc(CN(C)C2CCCN(C)C2)cs1. The van der Waals surface area contributed by atoms with Gasteiger partial charge in [-0.05, 0) is 33.5 Å². The van der Waals surface area contributed by atoms with Gasteiger partial charge >= 0.3 is 0 Å². The van der Waals surface area contributed by atoms with Crippen molar-refractivity contribution in [3.05, 3.63) is 16.1 Å². The van der Waals surface area contributed by atoms with Crippen LogP contribution >= 0.6 is 11.3 Å². The number of likely N-dealkylation sites (tertiary alicyclic amines) is 1. The van der Waals surface area contributed by atoms with E-state index in [2.05, 4.69) is 48.4 Å². The van der Waals surface area contributed by atoms with Crippen molar-refractivity contribution in [2.24, 2.45) is 0 Å². The summed E-state index contributed by atoms with van der Waals surface area (Å²) < 4.78 is 0. The summed E-state index contributed by atoms with van der Waals surface area (Å²) in [5, 5.41) is 6.83. The number of nitrogens with zero attached hydrogens (tertiary/aromatic N) is 3. The van der Waals surface area contributed by atoms with Crippen molar-refractivity contribution in [1.82, 2.24) is 20.1 Å². The predicted octanol–water partition coefficient (Wildman–Crippen LogP) is 2.17. The van der Waals surface area contributed by atoms with Crippen LogP contribution in [0.4, 0.5) is 0 Å². The van der Waals surface area contributed by atoms with Gasteiger partial charge in [0.2, 0.25) is 0 Å². The zero-order valence-corrected chi connectivity index (χ0v) is 14.0. The molecule has 1 aliphatic heterocycles. The summed E-state index contributed by atoms with van der Waals surface area (Å²) in [4.78, 5) is 9.63. The van der Waals surface area contributed by atoms with Crippen molar-refractivity contribution in [1.29, 1.82) is 0 Å². The van der Waals surface area contributed by atoms with Crippen LogP contribution < -0.4 is 5.32 Å². The molecule has 1 unspecified atom stereocenters. The van der Waals surface area contributed by atoms with Crippen molar-refractivity contribution >= 4 is 11.3 Å². The molecule has 0 bridgehead atoms. The lowest BCUT2D eigenvalue weighted by Gasteiger charge is -2.35. The topological polar surface area (TPSA) is 31.4 Å². The van der Waals surface area contributed by atoms with Crippen molar-refractivity contribution in [3.63, 3.8) is 0 Å². The summed E-state index contributed by atoms with van der Waals surface area (Å²) >= 11 is 1.77. The molecule has 0 saturated carbocycles. The second kappa shape index (κ2) is 7.50. The Bertz CT molecular complexity index is 404. The second-order valence-corrected chi connectivity index (χ2v) is 7.18. The van der Waals surface area contributed by atoms with Crippen LogP contribution in [0.15, 0.2) is 5.38 Å². The van der Waals surface area contributed by atoms with Crippen LogP contribution in [0.1, 0.15) is 37.4 Å². The van der Waals surface area contributed by atoms with Gasteiger partial charge < -0.3 is 10.2 Å². The van der Waals surface area contributed by atoms with Gasteiger partial charge in [0, 0.05) is 37.1 Å². The normalized spacial score (nSPS) is 21.0. The van der Waals surface area contributed by atoms with Gasteiger partial charge in [0.25, 0.3) is 0 Å². The molecule has 1 aromatic rings. The first-order valence-electron chi connectivity index (χ1n) is 7.60. The predicted molar refractivity (Wildman–Crippen MR) is 86.1 cm³/mol. The van der Waals surface area contributed by atoms with E-state index in [9.17, 15) is 0 Å². The third-order valence-electron chi connectivity index (χ3n) is 3.90. The van der Waals surface area contributed by atoms with Crippen LogP contribution in [-0.4, -0.2) is 54.1 Å². The van der Waals surface area contributed by atoms with E-state index in [0.717, 1.165) is 13.1 Å². The molecule has 0 spiro atoms. The zero-order valence-electron chi connectivity index (χ0n) is 13.2. The van der Waals surface area contributed by atoms with Crippen LogP contribution in [0.5, 0.6) is 0 Å². The number of hydrogen-bond acceptors (Lipinski definition) is 5. The minimum absolute atomic E-state index is 0.516. The van der Waals surface area contributed by atoms with E-state index in [-0.39, 0.29) is 0 Å². The standard InChI is InChI=1S/C15H28N4S/c1-12(2)16-8-15-17-13(11-20-15)9-19(4)14-6-5-7-18(3)10-14/h11-12,14,16H,5-10H2,1-4H3. The Morgan fingerprint density at radius 3 is 3.05 bits per heavy atom. The number of aromatic nitrogens is 1. The average molecular weight is 296 g/mol. The number of piperidine rings is 1. The van der Waals surface area contributed by atoms with Crippen LogP contribution in [0.3, 0.4) is 0 Å². The van der Waals surface area contributed by atoms with Gasteiger partial charge in [-0.15, -0.1) is 11.3 Å². The highest BCUT2D eigenvalue weighted by atomic mass is 32.1. The molecule has 0 radical (unpaired) electrons. The fraction of sp³-hybridized carbons (Fsp3) is 0.800. The Morgan fingerprint density at radius 1 is 1.55 bits per heavy atom. The molecule has 2 rings (SSSR count). The van der Waals surface area contributed by atoms with E-state index in [1.165, 1.54) is 36.6 Å². The van der Waals surface area contributed by atoms with E-state index in [1.807, 2.05) is 0 Å². The van der Waals surface area contributed by atoms with Gasteiger partial charge in [-0.3, -0.25) is 4.90 Å². The molecule has 1 aromatic heterocycles. The van der Waals surface area contributed by atoms with Crippen molar-refractivity contribution in [2.45, 2.75) is 51.9 Å². The summed E-state index contributed by atoms with van der Waals surface area (Å²) in [7, 11) is 4.45. The van der Waals surface area contributed by atoms with Crippen LogP contribution in [0, 0.1) is 0 Å². The van der Waals surface area contributed by atoms with Gasteiger partial charge in [0.15, 0.2) is 0 Å². The molecule has 114 valence electrons. The lowest BCUT2D eigenvalue weighted by molar-refractivity contribution is 0.128. The van der Waals surface area contributed by atoms with Crippen LogP contribution in [0.2, 0.25) is 0 Å². The summed E-state index contributed by atoms with van der Waals surface area (Å²) in [6.45, 7) is 8.62. The molecule has 4 nitrogen and oxygen atoms in total. The van der Waals surface area contributed by atoms with Gasteiger partial charge in [0.05, 0.1) is 5.69 Å². The van der Waals surface area contributed by atoms with E-state index in [0.29, 0.717) is 12.1 Å². The molecule has 1 aliphatic rings. The number of nitrogens with one attached hydrogen (secondary N) is 1. The Labute approximate surface area is 127 Å². The average Bonchev–Trinajstić information content (AvgIpc) is 2.84. The molecular formula is C15H28N4S. The Morgan fingerprint density at radius 2 is 2.35 bits per heavy atom. The molecule has 0 amide bonds. The molecule has 20 heavy (non-hydrogen) atoms. The summed E-state index contributed by atoms with van der Waals surface area (Å²) in [6, 6.07) is 1.19. The fourth-order valence-electron chi connectivity index (χ4n) is 2.68. The molecule has 1 N–H and O–H groups in total. The number of thiazole rings is 1. The Kier molecular flexibility index (Phi) is 5.96. The van der Waals surface area contributed by atoms with Gasteiger partial charge in [-0.2, -0.15) is 0 Å². The van der Waals surface area contributed by atoms with Gasteiger partial charge in [-0.25, -0.2) is 4.98 Å². The first-order chi connectivity index (χ1) is 9.54. The van der Waals surface area contributed by atoms with E-state index in [1.54, 1.807) is 11.3 Å². The van der Waals surface area contributed by atoms with E-state index < -0.39 is 0 Å². The lowest BCUT2D eigenvalue weighted by atomic mass is 10.1. The summed E-state index contributed by atoms with van der Waals surface area (Å²) in [6.07, 6.45) is 2.62.